The number of hydrogen-bond donors (Lipinski definition) is 2. The topological polar surface area (TPSA) is 84.3 Å². The van der Waals surface area contributed by atoms with Gasteiger partial charge in [0.2, 0.25) is 0 Å². The van der Waals surface area contributed by atoms with E-state index in [0.717, 1.165) is 0 Å². The van der Waals surface area contributed by atoms with Gasteiger partial charge < -0.3 is 15.2 Å². The Morgan fingerprint density at radius 3 is 2.61 bits per heavy atom. The van der Waals surface area contributed by atoms with Crippen molar-refractivity contribution in [1.29, 1.82) is 0 Å². The highest BCUT2D eigenvalue weighted by Gasteiger charge is 2.35. The van der Waals surface area contributed by atoms with E-state index in [-0.39, 0.29) is 16.9 Å². The zero-order chi connectivity index (χ0) is 13.8. The lowest BCUT2D eigenvalue weighted by Crippen LogP contribution is -2.45. The highest BCUT2D eigenvalue weighted by atomic mass is 35.5. The average Bonchev–Trinajstić information content (AvgIpc) is 2.37. The van der Waals surface area contributed by atoms with Crippen LogP contribution in [0.3, 0.4) is 0 Å². The maximum atomic E-state index is 11.4. The van der Waals surface area contributed by atoms with Crippen LogP contribution < -0.4 is 10.1 Å². The molecule has 0 aliphatic carbocycles. The number of halogens is 1. The Bertz CT molecular complexity index is 436. The van der Waals surface area contributed by atoms with Gasteiger partial charge in [-0.05, 0) is 12.8 Å². The number of nitrogens with one attached hydrogen (secondary N) is 1. The molecule has 0 aliphatic rings. The van der Waals surface area contributed by atoms with Gasteiger partial charge in [-0.25, -0.2) is 9.78 Å². The van der Waals surface area contributed by atoms with Crippen molar-refractivity contribution in [2.24, 2.45) is 0 Å². The second kappa shape index (κ2) is 5.86. The summed E-state index contributed by atoms with van der Waals surface area (Å²) in [7, 11) is 1.43. The fourth-order valence-corrected chi connectivity index (χ4v) is 1.68. The second-order valence-corrected chi connectivity index (χ2v) is 4.18. The van der Waals surface area contributed by atoms with Crippen LogP contribution in [0.5, 0.6) is 6.01 Å². The Morgan fingerprint density at radius 1 is 1.56 bits per heavy atom. The first-order valence-electron chi connectivity index (χ1n) is 5.57. The number of carboxylic acids is 1. The number of methoxy groups -OCH3 is 1. The number of anilines is 1. The van der Waals surface area contributed by atoms with Gasteiger partial charge in [0.25, 0.3) is 0 Å². The maximum absolute atomic E-state index is 11.4. The summed E-state index contributed by atoms with van der Waals surface area (Å²) in [6, 6.07) is 0.133. The highest BCUT2D eigenvalue weighted by molar-refractivity contribution is 6.32. The minimum Gasteiger partial charge on any atom is -0.480 e. The van der Waals surface area contributed by atoms with Crippen LogP contribution in [0.2, 0.25) is 5.02 Å². The molecule has 1 heterocycles. The molecule has 18 heavy (non-hydrogen) atoms. The number of nitrogens with zero attached hydrogens (tertiary/aromatic N) is 2. The van der Waals surface area contributed by atoms with Crippen molar-refractivity contribution in [3.05, 3.63) is 11.2 Å². The van der Waals surface area contributed by atoms with E-state index < -0.39 is 11.5 Å². The molecular formula is C11H16ClN3O3. The minimum absolute atomic E-state index is 0.133. The fourth-order valence-electron chi connectivity index (χ4n) is 1.55. The van der Waals surface area contributed by atoms with E-state index in [2.05, 4.69) is 15.3 Å². The van der Waals surface area contributed by atoms with E-state index in [1.165, 1.54) is 13.3 Å². The summed E-state index contributed by atoms with van der Waals surface area (Å²) < 4.78 is 4.88. The van der Waals surface area contributed by atoms with Crippen LogP contribution in [0.4, 0.5) is 5.82 Å². The number of hydrogen-bond acceptors (Lipinski definition) is 5. The quantitative estimate of drug-likeness (QED) is 0.826. The predicted octanol–water partition coefficient (Wildman–Crippen LogP) is 2.19. The Balaban J connectivity index is 3.11. The molecule has 0 saturated carbocycles. The molecule has 1 aromatic rings. The molecule has 0 aromatic carbocycles. The molecule has 0 amide bonds. The van der Waals surface area contributed by atoms with Crippen LogP contribution in [-0.2, 0) is 4.79 Å². The molecule has 0 spiro atoms. The zero-order valence-corrected chi connectivity index (χ0v) is 11.3. The van der Waals surface area contributed by atoms with E-state index in [1.54, 1.807) is 13.8 Å². The standard InChI is InChI=1S/C11H16ClN3O3/c1-4-11(5-2,9(16)17)15-8-7(12)6-13-10(14-8)18-3/h6H,4-5H2,1-3H3,(H,16,17)(H,13,14,15). The summed E-state index contributed by atoms with van der Waals surface area (Å²) in [5, 5.41) is 12.4. The van der Waals surface area contributed by atoms with Gasteiger partial charge in [0.1, 0.15) is 10.6 Å². The molecule has 1 aromatic heterocycles. The van der Waals surface area contributed by atoms with Crippen molar-refractivity contribution in [2.45, 2.75) is 32.2 Å². The molecule has 0 aliphatic heterocycles. The number of ether oxygens (including phenoxy) is 1. The summed E-state index contributed by atoms with van der Waals surface area (Å²) in [5.74, 6) is -0.684. The number of rotatable bonds is 6. The van der Waals surface area contributed by atoms with E-state index in [0.29, 0.717) is 12.8 Å². The molecular weight excluding hydrogens is 258 g/mol. The summed E-state index contributed by atoms with van der Waals surface area (Å²) in [4.78, 5) is 19.2. The van der Waals surface area contributed by atoms with Gasteiger partial charge in [0, 0.05) is 0 Å². The minimum atomic E-state index is -1.09. The van der Waals surface area contributed by atoms with Crippen molar-refractivity contribution in [1.82, 2.24) is 9.97 Å². The molecule has 0 unspecified atom stereocenters. The smallest absolute Gasteiger partial charge is 0.329 e. The maximum Gasteiger partial charge on any atom is 0.329 e. The van der Waals surface area contributed by atoms with Gasteiger partial charge >= 0.3 is 12.0 Å². The first kappa shape index (κ1) is 14.5. The first-order chi connectivity index (χ1) is 8.49. The lowest BCUT2D eigenvalue weighted by atomic mass is 9.93. The van der Waals surface area contributed by atoms with Gasteiger partial charge in [0.15, 0.2) is 5.82 Å². The number of aromatic nitrogens is 2. The van der Waals surface area contributed by atoms with Crippen molar-refractivity contribution < 1.29 is 14.6 Å². The van der Waals surface area contributed by atoms with E-state index in [1.807, 2.05) is 0 Å². The van der Waals surface area contributed by atoms with E-state index in [9.17, 15) is 9.90 Å². The molecule has 100 valence electrons. The van der Waals surface area contributed by atoms with Gasteiger partial charge in [-0.1, -0.05) is 25.4 Å². The van der Waals surface area contributed by atoms with Crippen LogP contribution in [0.1, 0.15) is 26.7 Å². The molecule has 0 radical (unpaired) electrons. The third-order valence-electron chi connectivity index (χ3n) is 2.88. The van der Waals surface area contributed by atoms with Gasteiger partial charge in [-0.15, -0.1) is 0 Å². The van der Waals surface area contributed by atoms with Crippen LogP contribution in [0, 0.1) is 0 Å². The largest absolute Gasteiger partial charge is 0.480 e. The van der Waals surface area contributed by atoms with E-state index in [4.69, 9.17) is 16.3 Å². The Labute approximate surface area is 110 Å². The van der Waals surface area contributed by atoms with Crippen molar-refractivity contribution >= 4 is 23.4 Å². The zero-order valence-electron chi connectivity index (χ0n) is 10.5. The summed E-state index contributed by atoms with van der Waals surface area (Å²) in [6.45, 7) is 3.58. The molecule has 0 fully saturated rings. The molecule has 0 atom stereocenters. The van der Waals surface area contributed by atoms with Crippen LogP contribution >= 0.6 is 11.6 Å². The predicted molar refractivity (Wildman–Crippen MR) is 68.2 cm³/mol. The van der Waals surface area contributed by atoms with Crippen molar-refractivity contribution in [3.63, 3.8) is 0 Å². The van der Waals surface area contributed by atoms with Crippen molar-refractivity contribution in [2.75, 3.05) is 12.4 Å². The van der Waals surface area contributed by atoms with Gasteiger partial charge in [-0.2, -0.15) is 4.98 Å². The second-order valence-electron chi connectivity index (χ2n) is 3.77. The molecule has 6 nitrogen and oxygen atoms in total. The first-order valence-corrected chi connectivity index (χ1v) is 5.95. The monoisotopic (exact) mass is 273 g/mol. The summed E-state index contributed by atoms with van der Waals surface area (Å²) in [5.41, 5.74) is -1.09. The fraction of sp³-hybridized carbons (Fsp3) is 0.545. The number of carbonyl (C=O) groups is 1. The van der Waals surface area contributed by atoms with Crippen LogP contribution in [0.15, 0.2) is 6.20 Å². The van der Waals surface area contributed by atoms with Crippen molar-refractivity contribution in [3.8, 4) is 6.01 Å². The summed E-state index contributed by atoms with van der Waals surface area (Å²) in [6.07, 6.45) is 2.18. The summed E-state index contributed by atoms with van der Waals surface area (Å²) >= 11 is 5.94. The van der Waals surface area contributed by atoms with Crippen LogP contribution in [0.25, 0.3) is 0 Å². The Morgan fingerprint density at radius 2 is 2.17 bits per heavy atom. The molecule has 1 rings (SSSR count). The third-order valence-corrected chi connectivity index (χ3v) is 3.16. The van der Waals surface area contributed by atoms with E-state index >= 15 is 0 Å². The molecule has 7 heteroatoms. The van der Waals surface area contributed by atoms with Crippen LogP contribution in [-0.4, -0.2) is 33.7 Å². The van der Waals surface area contributed by atoms with Gasteiger partial charge in [-0.3, -0.25) is 0 Å². The average molecular weight is 274 g/mol. The Hall–Kier alpha value is -1.56. The van der Waals surface area contributed by atoms with Gasteiger partial charge in [0.05, 0.1) is 13.3 Å². The molecule has 2 N–H and O–H groups in total. The molecule has 0 saturated heterocycles. The lowest BCUT2D eigenvalue weighted by Gasteiger charge is -2.28. The Kier molecular flexibility index (Phi) is 4.72. The number of carboxylic acid groups (broad SMARTS) is 1. The normalized spacial score (nSPS) is 11.1. The lowest BCUT2D eigenvalue weighted by molar-refractivity contribution is -0.142. The third kappa shape index (κ3) is 2.81. The SMILES string of the molecule is CCC(CC)(Nc1nc(OC)ncc1Cl)C(=O)O. The highest BCUT2D eigenvalue weighted by Crippen LogP contribution is 2.27. The molecule has 0 bridgehead atoms. The number of aliphatic carboxylic acids is 1.